The highest BCUT2D eigenvalue weighted by atomic mass is 19.4. The number of nitrogens with one attached hydrogen (secondary N) is 1. The Morgan fingerprint density at radius 3 is 2.74 bits per heavy atom. The van der Waals surface area contributed by atoms with Crippen LogP contribution in [0.2, 0.25) is 0 Å². The quantitative estimate of drug-likeness (QED) is 0.885. The van der Waals surface area contributed by atoms with Gasteiger partial charge >= 0.3 is 6.18 Å². The van der Waals surface area contributed by atoms with Crippen molar-refractivity contribution < 1.29 is 22.7 Å². The Bertz CT molecular complexity index is 497. The zero-order valence-electron chi connectivity index (χ0n) is 10.2. The molecule has 0 saturated carbocycles. The number of carbonyl (C=O) groups is 1. The van der Waals surface area contributed by atoms with Crippen LogP contribution in [0.4, 0.5) is 18.9 Å². The number of ether oxygens (including phenoxy) is 1. The van der Waals surface area contributed by atoms with Crippen LogP contribution in [-0.2, 0) is 16.1 Å². The normalized spacial score (nSPS) is 11.4. The SMILES string of the molecule is COCCC(=O)Nc1cccn(CC(F)(F)F)c1=O. The van der Waals surface area contributed by atoms with Crippen molar-refractivity contribution in [2.45, 2.75) is 19.1 Å². The molecule has 0 radical (unpaired) electrons. The Morgan fingerprint density at radius 1 is 1.47 bits per heavy atom. The lowest BCUT2D eigenvalue weighted by Gasteiger charge is -2.11. The van der Waals surface area contributed by atoms with E-state index >= 15 is 0 Å². The summed E-state index contributed by atoms with van der Waals surface area (Å²) in [6, 6.07) is 2.51. The van der Waals surface area contributed by atoms with E-state index in [9.17, 15) is 22.8 Å². The maximum atomic E-state index is 12.2. The molecule has 0 fully saturated rings. The predicted molar refractivity (Wildman–Crippen MR) is 61.9 cm³/mol. The van der Waals surface area contributed by atoms with Crippen LogP contribution in [0.25, 0.3) is 0 Å². The fraction of sp³-hybridized carbons (Fsp3) is 0.455. The third-order valence-corrected chi connectivity index (χ3v) is 2.18. The van der Waals surface area contributed by atoms with Crippen molar-refractivity contribution in [3.05, 3.63) is 28.7 Å². The zero-order valence-corrected chi connectivity index (χ0v) is 10.2. The minimum atomic E-state index is -4.50. The second-order valence-corrected chi connectivity index (χ2v) is 3.76. The highest BCUT2D eigenvalue weighted by Gasteiger charge is 2.28. The van der Waals surface area contributed by atoms with Gasteiger partial charge in [-0.1, -0.05) is 0 Å². The molecule has 0 atom stereocenters. The first kappa shape index (κ1) is 15.2. The van der Waals surface area contributed by atoms with E-state index in [0.29, 0.717) is 4.57 Å². The molecular weight excluding hydrogens is 265 g/mol. The molecule has 1 rings (SSSR count). The van der Waals surface area contributed by atoms with Crippen LogP contribution in [0.5, 0.6) is 0 Å². The topological polar surface area (TPSA) is 60.3 Å². The molecular formula is C11H13F3N2O3. The molecule has 8 heteroatoms. The van der Waals surface area contributed by atoms with Crippen LogP contribution in [0.1, 0.15) is 6.42 Å². The number of hydrogen-bond acceptors (Lipinski definition) is 3. The number of pyridine rings is 1. The molecule has 0 aliphatic rings. The van der Waals surface area contributed by atoms with Crippen molar-refractivity contribution in [1.82, 2.24) is 4.57 Å². The Labute approximate surface area is 107 Å². The lowest BCUT2D eigenvalue weighted by Crippen LogP contribution is -2.30. The predicted octanol–water partition coefficient (Wildman–Crippen LogP) is 1.39. The lowest BCUT2D eigenvalue weighted by atomic mass is 10.3. The third-order valence-electron chi connectivity index (χ3n) is 2.18. The lowest BCUT2D eigenvalue weighted by molar-refractivity contribution is -0.141. The van der Waals surface area contributed by atoms with Crippen molar-refractivity contribution >= 4 is 11.6 Å². The largest absolute Gasteiger partial charge is 0.406 e. The van der Waals surface area contributed by atoms with Gasteiger partial charge in [0.05, 0.1) is 13.0 Å². The van der Waals surface area contributed by atoms with Crippen LogP contribution < -0.4 is 10.9 Å². The number of methoxy groups -OCH3 is 1. The molecule has 1 aromatic rings. The van der Waals surface area contributed by atoms with E-state index in [2.05, 4.69) is 10.1 Å². The number of rotatable bonds is 5. The Kier molecular flexibility index (Phi) is 5.11. The van der Waals surface area contributed by atoms with Gasteiger partial charge in [0.25, 0.3) is 5.56 Å². The molecule has 1 heterocycles. The van der Waals surface area contributed by atoms with Crippen molar-refractivity contribution in [1.29, 1.82) is 0 Å². The monoisotopic (exact) mass is 278 g/mol. The summed E-state index contributed by atoms with van der Waals surface area (Å²) in [5.74, 6) is -0.497. The Hall–Kier alpha value is -1.83. The molecule has 0 bridgehead atoms. The average Bonchev–Trinajstić information content (AvgIpc) is 2.30. The summed E-state index contributed by atoms with van der Waals surface area (Å²) >= 11 is 0. The molecule has 0 saturated heterocycles. The zero-order chi connectivity index (χ0) is 14.5. The van der Waals surface area contributed by atoms with E-state index in [-0.39, 0.29) is 18.7 Å². The number of aromatic nitrogens is 1. The summed E-state index contributed by atoms with van der Waals surface area (Å²) in [7, 11) is 1.41. The second kappa shape index (κ2) is 6.37. The molecule has 1 aromatic heterocycles. The number of hydrogen-bond donors (Lipinski definition) is 1. The first-order valence-corrected chi connectivity index (χ1v) is 5.38. The molecule has 19 heavy (non-hydrogen) atoms. The molecule has 0 spiro atoms. The van der Waals surface area contributed by atoms with Gasteiger partial charge in [0.15, 0.2) is 0 Å². The molecule has 1 N–H and O–H groups in total. The van der Waals surface area contributed by atoms with Gasteiger partial charge in [0.1, 0.15) is 12.2 Å². The van der Waals surface area contributed by atoms with Crippen molar-refractivity contribution in [2.24, 2.45) is 0 Å². The first-order valence-electron chi connectivity index (χ1n) is 5.38. The number of halogens is 3. The van der Waals surface area contributed by atoms with E-state index in [0.717, 1.165) is 6.20 Å². The van der Waals surface area contributed by atoms with E-state index in [1.807, 2.05) is 0 Å². The smallest absolute Gasteiger partial charge is 0.384 e. The molecule has 0 aliphatic heterocycles. The molecule has 106 valence electrons. The number of nitrogens with zero attached hydrogens (tertiary/aromatic N) is 1. The van der Waals surface area contributed by atoms with E-state index in [1.165, 1.54) is 19.2 Å². The van der Waals surface area contributed by atoms with Gasteiger partial charge in [-0.2, -0.15) is 13.2 Å². The van der Waals surface area contributed by atoms with Gasteiger partial charge in [0.2, 0.25) is 5.91 Å². The number of amides is 1. The fourth-order valence-electron chi connectivity index (χ4n) is 1.36. The van der Waals surface area contributed by atoms with Crippen LogP contribution in [0.3, 0.4) is 0 Å². The van der Waals surface area contributed by atoms with Gasteiger partial charge in [0, 0.05) is 13.3 Å². The summed E-state index contributed by atoms with van der Waals surface area (Å²) in [5, 5.41) is 2.25. The van der Waals surface area contributed by atoms with Gasteiger partial charge in [-0.3, -0.25) is 9.59 Å². The third kappa shape index (κ3) is 5.12. The minimum absolute atomic E-state index is 0.0180. The Morgan fingerprint density at radius 2 is 2.16 bits per heavy atom. The molecule has 0 unspecified atom stereocenters. The highest BCUT2D eigenvalue weighted by Crippen LogP contribution is 2.16. The van der Waals surface area contributed by atoms with Gasteiger partial charge < -0.3 is 14.6 Å². The number of alkyl halides is 3. The molecule has 0 aromatic carbocycles. The molecule has 0 aliphatic carbocycles. The number of carbonyl (C=O) groups excluding carboxylic acids is 1. The van der Waals surface area contributed by atoms with Crippen molar-refractivity contribution in [2.75, 3.05) is 19.0 Å². The standard InChI is InChI=1S/C11H13F3N2O3/c1-19-6-4-9(17)15-8-3-2-5-16(10(8)18)7-11(12,13)14/h2-3,5H,4,6-7H2,1H3,(H,15,17). The highest BCUT2D eigenvalue weighted by molar-refractivity contribution is 5.90. The van der Waals surface area contributed by atoms with Crippen molar-refractivity contribution in [3.63, 3.8) is 0 Å². The van der Waals surface area contributed by atoms with Crippen molar-refractivity contribution in [3.8, 4) is 0 Å². The second-order valence-electron chi connectivity index (χ2n) is 3.76. The van der Waals surface area contributed by atoms with Crippen LogP contribution >= 0.6 is 0 Å². The first-order chi connectivity index (χ1) is 8.83. The van der Waals surface area contributed by atoms with E-state index in [4.69, 9.17) is 0 Å². The van der Waals surface area contributed by atoms with E-state index in [1.54, 1.807) is 0 Å². The van der Waals surface area contributed by atoms with Crippen LogP contribution in [0.15, 0.2) is 23.1 Å². The average molecular weight is 278 g/mol. The molecule has 5 nitrogen and oxygen atoms in total. The van der Waals surface area contributed by atoms with Crippen LogP contribution in [-0.4, -0.2) is 30.4 Å². The maximum Gasteiger partial charge on any atom is 0.406 e. The summed E-state index contributed by atoms with van der Waals surface area (Å²) < 4.78 is 41.8. The maximum absolute atomic E-state index is 12.2. The van der Waals surface area contributed by atoms with Gasteiger partial charge in [-0.05, 0) is 12.1 Å². The minimum Gasteiger partial charge on any atom is -0.384 e. The van der Waals surface area contributed by atoms with Crippen LogP contribution in [0, 0.1) is 0 Å². The van der Waals surface area contributed by atoms with E-state index < -0.39 is 24.2 Å². The summed E-state index contributed by atoms with van der Waals surface area (Å²) in [5.41, 5.74) is -1.08. The fourth-order valence-corrected chi connectivity index (χ4v) is 1.36. The summed E-state index contributed by atoms with van der Waals surface area (Å²) in [6.45, 7) is -1.23. The van der Waals surface area contributed by atoms with Gasteiger partial charge in [-0.15, -0.1) is 0 Å². The summed E-state index contributed by atoms with van der Waals surface area (Å²) in [6.07, 6.45) is -3.47. The molecule has 1 amide bonds. The van der Waals surface area contributed by atoms with Gasteiger partial charge in [-0.25, -0.2) is 0 Å². The summed E-state index contributed by atoms with van der Waals surface area (Å²) in [4.78, 5) is 23.0. The number of anilines is 1. The Balaban J connectivity index is 2.83.